The van der Waals surface area contributed by atoms with Gasteiger partial charge in [0.05, 0.1) is 34.5 Å². The lowest BCUT2D eigenvalue weighted by Gasteiger charge is -2.36. The number of amides is 2. The molecule has 0 bridgehead atoms. The fourth-order valence-electron chi connectivity index (χ4n) is 4.30. The number of aromatic nitrogens is 2. The molecule has 0 saturated carbocycles. The van der Waals surface area contributed by atoms with Gasteiger partial charge in [0.25, 0.3) is 11.8 Å². The number of likely N-dealkylation sites (N-methyl/N-ethyl adjacent to an activating group) is 2. The fourth-order valence-corrected chi connectivity index (χ4v) is 6.77. The van der Waals surface area contributed by atoms with E-state index in [-0.39, 0.29) is 17.6 Å². The van der Waals surface area contributed by atoms with Gasteiger partial charge in [0.15, 0.2) is 5.01 Å². The van der Waals surface area contributed by atoms with Crippen LogP contribution in [0.4, 0.5) is 0 Å². The van der Waals surface area contributed by atoms with Gasteiger partial charge in [-0.15, -0.1) is 11.3 Å². The van der Waals surface area contributed by atoms with Gasteiger partial charge in [-0.25, -0.2) is 13.5 Å². The molecule has 1 aromatic carbocycles. The molecule has 2 amide bonds. The SMILES string of the molecule is CN1CCc2nc(C(=O)N[C@@H]3CN(C)S(=O)C[C@H]3NC(=O)c3cc4cc(Cl)ccc4[nH]3)sc2C1. The molecule has 1 unspecified atom stereocenters. The summed E-state index contributed by atoms with van der Waals surface area (Å²) in [7, 11) is 2.53. The molecule has 12 heteroatoms. The summed E-state index contributed by atoms with van der Waals surface area (Å²) >= 11 is 7.46. The normalized spacial score (nSPS) is 23.6. The summed E-state index contributed by atoms with van der Waals surface area (Å²) in [6.07, 6.45) is 0.829. The Balaban J connectivity index is 1.32. The van der Waals surface area contributed by atoms with Crippen LogP contribution in [-0.2, 0) is 24.0 Å². The first-order valence-corrected chi connectivity index (χ1v) is 13.4. The first-order valence-electron chi connectivity index (χ1n) is 10.9. The largest absolute Gasteiger partial charge is 0.351 e. The Morgan fingerprint density at radius 1 is 1.21 bits per heavy atom. The van der Waals surface area contributed by atoms with Crippen molar-refractivity contribution in [1.29, 1.82) is 0 Å². The van der Waals surface area contributed by atoms with Crippen molar-refractivity contribution in [2.75, 3.05) is 32.9 Å². The number of benzene rings is 1. The van der Waals surface area contributed by atoms with E-state index in [1.807, 2.05) is 6.07 Å². The summed E-state index contributed by atoms with van der Waals surface area (Å²) in [5.74, 6) is -0.392. The van der Waals surface area contributed by atoms with E-state index < -0.39 is 23.1 Å². The Morgan fingerprint density at radius 3 is 2.82 bits per heavy atom. The molecule has 3 aromatic rings. The van der Waals surface area contributed by atoms with Crippen molar-refractivity contribution >= 4 is 56.6 Å². The van der Waals surface area contributed by atoms with E-state index in [1.165, 1.54) is 11.3 Å². The van der Waals surface area contributed by atoms with Crippen molar-refractivity contribution in [2.45, 2.75) is 25.0 Å². The minimum atomic E-state index is -1.26. The molecular formula is C22H25ClN6O3S2. The molecule has 4 heterocycles. The van der Waals surface area contributed by atoms with E-state index in [2.05, 4.69) is 32.5 Å². The second kappa shape index (κ2) is 9.38. The smallest absolute Gasteiger partial charge is 0.280 e. The van der Waals surface area contributed by atoms with Crippen LogP contribution in [0.5, 0.6) is 0 Å². The van der Waals surface area contributed by atoms with Gasteiger partial charge in [0.2, 0.25) is 0 Å². The Labute approximate surface area is 208 Å². The van der Waals surface area contributed by atoms with Crippen molar-refractivity contribution in [3.63, 3.8) is 0 Å². The third-order valence-electron chi connectivity index (χ3n) is 6.19. The van der Waals surface area contributed by atoms with Crippen molar-refractivity contribution in [3.8, 4) is 0 Å². The molecule has 1 fully saturated rings. The van der Waals surface area contributed by atoms with E-state index >= 15 is 0 Å². The van der Waals surface area contributed by atoms with Gasteiger partial charge in [-0.05, 0) is 38.4 Å². The van der Waals surface area contributed by atoms with Crippen molar-refractivity contribution < 1.29 is 13.8 Å². The standard InChI is InChI=1S/C22H25ClN6O3S2/c1-28-6-5-15-19(10-28)33-22(27-15)21(31)25-17-9-29(2)34(32)11-18(17)26-20(30)16-8-12-7-13(23)3-4-14(12)24-16/h3-4,7-8,17-18,24H,5-6,9-11H2,1-2H3,(H,25,31)(H,26,30)/t17-,18-,34?/m1/s1. The molecule has 2 aliphatic rings. The summed E-state index contributed by atoms with van der Waals surface area (Å²) in [6.45, 7) is 2.06. The van der Waals surface area contributed by atoms with Crippen LogP contribution in [0.1, 0.15) is 30.9 Å². The molecule has 0 radical (unpaired) electrons. The minimum absolute atomic E-state index is 0.207. The topological polar surface area (TPSA) is 110 Å². The second-order valence-electron chi connectivity index (χ2n) is 8.75. The molecule has 5 rings (SSSR count). The number of rotatable bonds is 4. The van der Waals surface area contributed by atoms with Crippen LogP contribution in [0, 0.1) is 0 Å². The van der Waals surface area contributed by atoms with Crippen LogP contribution in [0.3, 0.4) is 0 Å². The number of carbonyl (C=O) groups excluding carboxylic acids is 2. The highest BCUT2D eigenvalue weighted by molar-refractivity contribution is 7.82. The van der Waals surface area contributed by atoms with E-state index in [0.717, 1.165) is 41.0 Å². The van der Waals surface area contributed by atoms with E-state index in [0.29, 0.717) is 22.3 Å². The average Bonchev–Trinajstić information content (AvgIpc) is 3.40. The average molecular weight is 521 g/mol. The van der Waals surface area contributed by atoms with Crippen molar-refractivity contribution in [3.05, 3.63) is 50.6 Å². The Hall–Kier alpha value is -2.31. The first kappa shape index (κ1) is 23.4. The predicted octanol–water partition coefficient (Wildman–Crippen LogP) is 1.77. The second-order valence-corrected chi connectivity index (χ2v) is 11.9. The number of nitrogens with zero attached hydrogens (tertiary/aromatic N) is 3. The van der Waals surface area contributed by atoms with E-state index in [9.17, 15) is 13.8 Å². The van der Waals surface area contributed by atoms with Gasteiger partial charge in [-0.2, -0.15) is 0 Å². The highest BCUT2D eigenvalue weighted by Gasteiger charge is 2.35. The van der Waals surface area contributed by atoms with Gasteiger partial charge in [0.1, 0.15) is 5.69 Å². The summed E-state index contributed by atoms with van der Waals surface area (Å²) in [6, 6.07) is 6.16. The zero-order valence-corrected chi connectivity index (χ0v) is 21.1. The predicted molar refractivity (Wildman–Crippen MR) is 134 cm³/mol. The molecule has 2 aliphatic heterocycles. The fraction of sp³-hybridized carbons (Fsp3) is 0.409. The van der Waals surface area contributed by atoms with Gasteiger partial charge in [-0.3, -0.25) is 9.59 Å². The summed E-state index contributed by atoms with van der Waals surface area (Å²) < 4.78 is 14.2. The lowest BCUT2D eigenvalue weighted by molar-refractivity contribution is 0.0876. The molecule has 1 saturated heterocycles. The number of hydrogen-bond acceptors (Lipinski definition) is 6. The minimum Gasteiger partial charge on any atom is -0.351 e. The molecule has 0 spiro atoms. The van der Waals surface area contributed by atoms with Gasteiger partial charge >= 0.3 is 0 Å². The van der Waals surface area contributed by atoms with Crippen molar-refractivity contribution in [2.24, 2.45) is 0 Å². The maximum Gasteiger partial charge on any atom is 0.280 e. The number of nitrogens with one attached hydrogen (secondary N) is 3. The maximum atomic E-state index is 13.0. The number of fused-ring (bicyclic) bond motifs is 2. The van der Waals surface area contributed by atoms with Crippen LogP contribution in [-0.4, -0.2) is 80.2 Å². The Kier molecular flexibility index (Phi) is 6.47. The number of H-pyrrole nitrogens is 1. The number of carbonyl (C=O) groups is 2. The van der Waals surface area contributed by atoms with Crippen LogP contribution in [0.25, 0.3) is 10.9 Å². The highest BCUT2D eigenvalue weighted by Crippen LogP contribution is 2.25. The van der Waals surface area contributed by atoms with Crippen LogP contribution >= 0.6 is 22.9 Å². The maximum absolute atomic E-state index is 13.0. The number of aromatic amines is 1. The lowest BCUT2D eigenvalue weighted by Crippen LogP contribution is -2.62. The lowest BCUT2D eigenvalue weighted by atomic mass is 10.1. The zero-order valence-electron chi connectivity index (χ0n) is 18.8. The number of hydrogen-bond donors (Lipinski definition) is 3. The van der Waals surface area contributed by atoms with Crippen LogP contribution < -0.4 is 10.6 Å². The summed E-state index contributed by atoms with van der Waals surface area (Å²) in [5, 5.41) is 7.82. The molecule has 3 atom stereocenters. The Bertz CT molecular complexity index is 1290. The first-order chi connectivity index (χ1) is 16.3. The quantitative estimate of drug-likeness (QED) is 0.485. The molecule has 2 aromatic heterocycles. The highest BCUT2D eigenvalue weighted by atomic mass is 35.5. The van der Waals surface area contributed by atoms with Crippen LogP contribution in [0.2, 0.25) is 5.02 Å². The molecule has 0 aliphatic carbocycles. The molecule has 34 heavy (non-hydrogen) atoms. The van der Waals surface area contributed by atoms with Crippen LogP contribution in [0.15, 0.2) is 24.3 Å². The van der Waals surface area contributed by atoms with E-state index in [1.54, 1.807) is 29.6 Å². The third-order valence-corrected chi connectivity index (χ3v) is 8.99. The van der Waals surface area contributed by atoms with Gasteiger partial charge in [-0.1, -0.05) is 11.6 Å². The number of halogens is 1. The van der Waals surface area contributed by atoms with Gasteiger partial charge in [0, 0.05) is 46.9 Å². The van der Waals surface area contributed by atoms with E-state index in [4.69, 9.17) is 11.6 Å². The third kappa shape index (κ3) is 4.76. The molecule has 180 valence electrons. The monoisotopic (exact) mass is 520 g/mol. The summed E-state index contributed by atoms with van der Waals surface area (Å²) in [5.41, 5.74) is 2.16. The molecule has 3 N–H and O–H groups in total. The van der Waals surface area contributed by atoms with Crippen molar-refractivity contribution in [1.82, 2.24) is 29.8 Å². The number of thiazole rings is 1. The van der Waals surface area contributed by atoms with Gasteiger partial charge < -0.3 is 20.5 Å². The molecular weight excluding hydrogens is 496 g/mol. The molecule has 9 nitrogen and oxygen atoms in total. The summed E-state index contributed by atoms with van der Waals surface area (Å²) in [4.78, 5) is 37.0. The Morgan fingerprint density at radius 2 is 2.00 bits per heavy atom. The zero-order chi connectivity index (χ0) is 24.0.